The summed E-state index contributed by atoms with van der Waals surface area (Å²) in [6.45, 7) is 10.4. The van der Waals surface area contributed by atoms with Crippen molar-refractivity contribution in [3.63, 3.8) is 0 Å². The molecule has 3 rings (SSSR count). The van der Waals surface area contributed by atoms with Crippen molar-refractivity contribution in [1.29, 1.82) is 0 Å². The van der Waals surface area contributed by atoms with Crippen molar-refractivity contribution in [2.45, 2.75) is 91.3 Å². The lowest BCUT2D eigenvalue weighted by Crippen LogP contribution is -2.49. The predicted octanol–water partition coefficient (Wildman–Crippen LogP) is 3.95. The van der Waals surface area contributed by atoms with Gasteiger partial charge in [-0.3, -0.25) is 0 Å². The number of aliphatic hydroxyl groups excluding tert-OH is 1. The Labute approximate surface area is 162 Å². The number of hydrogen-bond donors (Lipinski definition) is 2. The number of nitrogens with zero attached hydrogens (tertiary/aromatic N) is 4. The number of rotatable bonds is 5. The number of aliphatic hydroxyl groups is 1. The fourth-order valence-corrected chi connectivity index (χ4v) is 4.05. The van der Waals surface area contributed by atoms with Crippen LogP contribution in [-0.2, 0) is 0 Å². The van der Waals surface area contributed by atoms with Gasteiger partial charge in [0.1, 0.15) is 17.3 Å². The second-order valence-electron chi connectivity index (χ2n) is 9.05. The Kier molecular flexibility index (Phi) is 5.57. The third-order valence-corrected chi connectivity index (χ3v) is 5.54. The van der Waals surface area contributed by atoms with Crippen LogP contribution < -0.4 is 10.1 Å². The summed E-state index contributed by atoms with van der Waals surface area (Å²) >= 11 is 0. The summed E-state index contributed by atoms with van der Waals surface area (Å²) in [5, 5.41) is 31.8. The Hall–Kier alpha value is -1.57. The molecule has 0 amide bonds. The SMILES string of the molecule is CCC[C@H](C)Nc1ncc2c(n1)[N@+]([O-])(C1CCC(O)CC1)N=C2C(C)(C)C. The average Bonchev–Trinajstić information content (AvgIpc) is 2.90. The third kappa shape index (κ3) is 4.00. The number of hydroxylamine groups is 1. The highest BCUT2D eigenvalue weighted by molar-refractivity contribution is 6.09. The van der Waals surface area contributed by atoms with E-state index in [0.29, 0.717) is 37.4 Å². The van der Waals surface area contributed by atoms with E-state index in [-0.39, 0.29) is 23.6 Å². The molecule has 0 spiro atoms. The van der Waals surface area contributed by atoms with Crippen molar-refractivity contribution in [1.82, 2.24) is 14.7 Å². The van der Waals surface area contributed by atoms with Crippen molar-refractivity contribution in [2.75, 3.05) is 5.32 Å². The molecule has 150 valence electrons. The van der Waals surface area contributed by atoms with Gasteiger partial charge in [0.15, 0.2) is 0 Å². The van der Waals surface area contributed by atoms with Gasteiger partial charge in [0.25, 0.3) is 5.82 Å². The van der Waals surface area contributed by atoms with E-state index in [2.05, 4.69) is 55.0 Å². The highest BCUT2D eigenvalue weighted by atomic mass is 16.6. The van der Waals surface area contributed by atoms with Crippen LogP contribution in [0.2, 0.25) is 0 Å². The minimum atomic E-state index is -0.770. The molecule has 0 bridgehead atoms. The first-order chi connectivity index (χ1) is 12.6. The van der Waals surface area contributed by atoms with Crippen molar-refractivity contribution < 1.29 is 5.11 Å². The topological polar surface area (TPSA) is 93.5 Å². The Morgan fingerprint density at radius 1 is 1.30 bits per heavy atom. The summed E-state index contributed by atoms with van der Waals surface area (Å²) < 4.78 is -0.770. The van der Waals surface area contributed by atoms with Crippen LogP contribution in [0.25, 0.3) is 0 Å². The van der Waals surface area contributed by atoms with Crippen molar-refractivity contribution >= 4 is 17.5 Å². The summed E-state index contributed by atoms with van der Waals surface area (Å²) in [6, 6.07) is 0.0404. The van der Waals surface area contributed by atoms with Gasteiger partial charge in [-0.1, -0.05) is 39.2 Å². The second kappa shape index (κ2) is 7.45. The summed E-state index contributed by atoms with van der Waals surface area (Å²) in [4.78, 5) is 9.11. The molecule has 2 atom stereocenters. The van der Waals surface area contributed by atoms with Gasteiger partial charge >= 0.3 is 0 Å². The first kappa shape index (κ1) is 20.2. The normalized spacial score (nSPS) is 29.2. The molecule has 27 heavy (non-hydrogen) atoms. The number of hydrogen-bond acceptors (Lipinski definition) is 6. The van der Waals surface area contributed by atoms with Crippen LogP contribution in [0.4, 0.5) is 11.8 Å². The standard InChI is InChI=1S/C20H33N5O2/c1-6-7-13(2)22-19-21-12-16-17(20(3,4)5)24-25(27,18(16)23-19)14-8-10-15(26)11-9-14/h12-15,26H,6-11H2,1-5H3,(H,21,22,23)/t13-,14?,15?,25+/m0/s1. The Morgan fingerprint density at radius 2 is 1.96 bits per heavy atom. The molecule has 1 fully saturated rings. The summed E-state index contributed by atoms with van der Waals surface area (Å²) in [5.74, 6) is 0.941. The quantitative estimate of drug-likeness (QED) is 0.600. The van der Waals surface area contributed by atoms with Crippen LogP contribution in [0.1, 0.15) is 78.7 Å². The van der Waals surface area contributed by atoms with Crippen molar-refractivity contribution in [3.05, 3.63) is 17.0 Å². The van der Waals surface area contributed by atoms with E-state index in [0.717, 1.165) is 24.1 Å². The Morgan fingerprint density at radius 3 is 2.56 bits per heavy atom. The largest absolute Gasteiger partial charge is 0.598 e. The van der Waals surface area contributed by atoms with Gasteiger partial charge in [0, 0.05) is 30.5 Å². The maximum absolute atomic E-state index is 14.0. The molecule has 1 aromatic heterocycles. The maximum Gasteiger partial charge on any atom is 0.269 e. The van der Waals surface area contributed by atoms with Gasteiger partial charge in [0.05, 0.1) is 6.10 Å². The molecule has 2 aliphatic rings. The molecule has 0 aromatic carbocycles. The monoisotopic (exact) mass is 375 g/mol. The van der Waals surface area contributed by atoms with Gasteiger partial charge in [-0.05, 0) is 26.2 Å². The van der Waals surface area contributed by atoms with Gasteiger partial charge in [-0.15, -0.1) is 0 Å². The van der Waals surface area contributed by atoms with E-state index in [4.69, 9.17) is 0 Å². The molecule has 2 heterocycles. The predicted molar refractivity (Wildman–Crippen MR) is 109 cm³/mol. The van der Waals surface area contributed by atoms with Crippen LogP contribution in [0.3, 0.4) is 0 Å². The number of quaternary nitrogens is 1. The molecule has 1 aliphatic heterocycles. The molecule has 1 aliphatic carbocycles. The summed E-state index contributed by atoms with van der Waals surface area (Å²) in [7, 11) is 0. The average molecular weight is 376 g/mol. The van der Waals surface area contributed by atoms with E-state index >= 15 is 0 Å². The molecular formula is C20H33N5O2. The fraction of sp³-hybridized carbons (Fsp3) is 0.750. The number of fused-ring (bicyclic) bond motifs is 1. The van der Waals surface area contributed by atoms with Crippen LogP contribution in [0.15, 0.2) is 11.3 Å². The minimum absolute atomic E-state index is 0.206. The first-order valence-corrected chi connectivity index (χ1v) is 10.2. The smallest absolute Gasteiger partial charge is 0.269 e. The van der Waals surface area contributed by atoms with E-state index in [9.17, 15) is 10.3 Å². The first-order valence-electron chi connectivity index (χ1n) is 10.2. The van der Waals surface area contributed by atoms with Crippen LogP contribution in [0.5, 0.6) is 0 Å². The zero-order valence-corrected chi connectivity index (χ0v) is 17.2. The third-order valence-electron chi connectivity index (χ3n) is 5.54. The molecule has 0 unspecified atom stereocenters. The summed E-state index contributed by atoms with van der Waals surface area (Å²) in [5.41, 5.74) is 1.27. The number of aromatic nitrogens is 2. The highest BCUT2D eigenvalue weighted by Crippen LogP contribution is 2.43. The van der Waals surface area contributed by atoms with Crippen molar-refractivity contribution in [2.24, 2.45) is 10.5 Å². The van der Waals surface area contributed by atoms with E-state index in [1.807, 2.05) is 0 Å². The van der Waals surface area contributed by atoms with Crippen LogP contribution in [0, 0.1) is 10.6 Å². The lowest BCUT2D eigenvalue weighted by Gasteiger charge is -2.41. The van der Waals surface area contributed by atoms with Gasteiger partial charge < -0.3 is 15.6 Å². The van der Waals surface area contributed by atoms with E-state index < -0.39 is 4.76 Å². The van der Waals surface area contributed by atoms with E-state index in [1.165, 1.54) is 0 Å². The zero-order chi connectivity index (χ0) is 19.8. The van der Waals surface area contributed by atoms with E-state index in [1.54, 1.807) is 6.20 Å². The summed E-state index contributed by atoms with van der Waals surface area (Å²) in [6.07, 6.45) is 6.14. The molecule has 0 radical (unpaired) electrons. The molecule has 7 heteroatoms. The Bertz CT molecular complexity index is 707. The van der Waals surface area contributed by atoms with Gasteiger partial charge in [-0.2, -0.15) is 9.74 Å². The maximum atomic E-state index is 14.0. The molecule has 1 saturated carbocycles. The highest BCUT2D eigenvalue weighted by Gasteiger charge is 2.46. The molecule has 7 nitrogen and oxygen atoms in total. The van der Waals surface area contributed by atoms with Crippen molar-refractivity contribution in [3.8, 4) is 0 Å². The zero-order valence-electron chi connectivity index (χ0n) is 17.2. The number of anilines is 1. The van der Waals surface area contributed by atoms with Gasteiger partial charge in [-0.25, -0.2) is 4.98 Å². The molecule has 2 N–H and O–H groups in total. The van der Waals surface area contributed by atoms with Crippen LogP contribution >= 0.6 is 0 Å². The lowest BCUT2D eigenvalue weighted by atomic mass is 9.87. The fourth-order valence-electron chi connectivity index (χ4n) is 4.05. The molecule has 0 saturated heterocycles. The molecular weight excluding hydrogens is 342 g/mol. The second-order valence-corrected chi connectivity index (χ2v) is 9.05. The minimum Gasteiger partial charge on any atom is -0.598 e. The lowest BCUT2D eigenvalue weighted by molar-refractivity contribution is 0.0931. The number of nitrogens with one attached hydrogen (secondary N) is 1. The Balaban J connectivity index is 1.99. The molecule has 1 aromatic rings. The van der Waals surface area contributed by atoms with Crippen LogP contribution in [-0.4, -0.2) is 39.0 Å². The van der Waals surface area contributed by atoms with Gasteiger partial charge in [0.2, 0.25) is 5.95 Å².